The van der Waals surface area contributed by atoms with Crippen molar-refractivity contribution in [2.24, 2.45) is 0 Å². The van der Waals surface area contributed by atoms with Crippen molar-refractivity contribution in [1.82, 2.24) is 4.98 Å². The van der Waals surface area contributed by atoms with Crippen LogP contribution in [0.2, 0.25) is 0 Å². The van der Waals surface area contributed by atoms with Gasteiger partial charge in [-0.2, -0.15) is 5.26 Å². The Balaban J connectivity index is 2.36. The fourth-order valence-corrected chi connectivity index (χ4v) is 2.96. The number of anilines is 2. The zero-order chi connectivity index (χ0) is 24.0. The maximum Gasteiger partial charge on any atom is 0.328 e. The quantitative estimate of drug-likeness (QED) is 0.166. The summed E-state index contributed by atoms with van der Waals surface area (Å²) in [5, 5.41) is 20.8. The van der Waals surface area contributed by atoms with E-state index in [1.807, 2.05) is 6.07 Å². The molecule has 0 aliphatic carbocycles. The van der Waals surface area contributed by atoms with E-state index < -0.39 is 38.1 Å². The average Bonchev–Trinajstić information content (AvgIpc) is 2.73. The maximum atomic E-state index is 14.9. The number of amides is 1. The summed E-state index contributed by atoms with van der Waals surface area (Å²) in [6.45, 7) is 2.59. The Morgan fingerprint density at radius 3 is 2.69 bits per heavy atom. The van der Waals surface area contributed by atoms with Crippen LogP contribution in [0.25, 0.3) is 6.08 Å². The second-order valence-corrected chi connectivity index (χ2v) is 7.37. The zero-order valence-corrected chi connectivity index (χ0v) is 18.4. The molecule has 0 bridgehead atoms. The first-order valence-electron chi connectivity index (χ1n) is 8.73. The molecule has 1 heterocycles. The second-order valence-electron chi connectivity index (χ2n) is 6.22. The normalized spacial score (nSPS) is 11.3. The Bertz CT molecular complexity index is 1140. The minimum Gasteiger partial charge on any atom is -0.359 e. The lowest BCUT2D eigenvalue weighted by Crippen LogP contribution is -2.15. The Hall–Kier alpha value is -3.00. The molecule has 0 saturated heterocycles. The summed E-state index contributed by atoms with van der Waals surface area (Å²) in [5.74, 6) is -3.58. The van der Waals surface area contributed by atoms with Crippen molar-refractivity contribution >= 4 is 48.7 Å². The van der Waals surface area contributed by atoms with E-state index in [0.29, 0.717) is 17.3 Å². The van der Waals surface area contributed by atoms with E-state index in [1.165, 1.54) is 12.3 Å². The lowest BCUT2D eigenvalue weighted by molar-refractivity contribution is -0.114. The number of rotatable bonds is 8. The Morgan fingerprint density at radius 2 is 2.09 bits per heavy atom. The van der Waals surface area contributed by atoms with Gasteiger partial charge >= 0.3 is 8.60 Å². The largest absolute Gasteiger partial charge is 0.359 e. The van der Waals surface area contributed by atoms with Crippen LogP contribution < -0.4 is 10.6 Å². The van der Waals surface area contributed by atoms with Gasteiger partial charge in [-0.15, -0.1) is 0 Å². The minimum atomic E-state index is -2.72. The van der Waals surface area contributed by atoms with Gasteiger partial charge in [0, 0.05) is 17.3 Å². The summed E-state index contributed by atoms with van der Waals surface area (Å²) >= 11 is 5.63. The van der Waals surface area contributed by atoms with Crippen LogP contribution in [-0.2, 0) is 9.32 Å². The number of benzene rings is 1. The van der Waals surface area contributed by atoms with Crippen LogP contribution in [0.4, 0.5) is 20.2 Å². The van der Waals surface area contributed by atoms with Gasteiger partial charge in [0.2, 0.25) is 0 Å². The lowest BCUT2D eigenvalue weighted by Gasteiger charge is -2.14. The summed E-state index contributed by atoms with van der Waals surface area (Å²) in [6, 6.07) is 4.24. The van der Waals surface area contributed by atoms with Crippen LogP contribution in [0.3, 0.4) is 0 Å². The molecule has 1 aromatic carbocycles. The third-order valence-corrected chi connectivity index (χ3v) is 4.79. The van der Waals surface area contributed by atoms with Gasteiger partial charge in [-0.25, -0.2) is 8.78 Å². The summed E-state index contributed by atoms with van der Waals surface area (Å²) in [6.07, 6.45) is 1.96. The molecule has 1 amide bonds. The van der Waals surface area contributed by atoms with Crippen molar-refractivity contribution in [2.75, 3.05) is 17.4 Å². The number of pyridine rings is 1. The van der Waals surface area contributed by atoms with Gasteiger partial charge in [0.15, 0.2) is 11.6 Å². The highest BCUT2D eigenvalue weighted by molar-refractivity contribution is 7.39. The SMILES string of the molecule is Cc1ncc(C#N)c(C)c1NC(=O)/C(F)=C/c1ccc(C(=N)Cl)c(NCOP(O)O)c1F. The summed E-state index contributed by atoms with van der Waals surface area (Å²) in [4.78, 5) is 33.8. The minimum absolute atomic E-state index is 0.0966. The molecule has 0 fully saturated rings. The topological polar surface area (TPSA) is 151 Å². The van der Waals surface area contributed by atoms with E-state index in [1.54, 1.807) is 13.8 Å². The lowest BCUT2D eigenvalue weighted by atomic mass is 10.1. The second kappa shape index (κ2) is 11.0. The van der Waals surface area contributed by atoms with Crippen molar-refractivity contribution in [2.45, 2.75) is 13.8 Å². The maximum absolute atomic E-state index is 14.9. The van der Waals surface area contributed by atoms with Crippen LogP contribution >= 0.6 is 20.2 Å². The molecule has 9 nitrogen and oxygen atoms in total. The van der Waals surface area contributed by atoms with Crippen LogP contribution in [0.5, 0.6) is 0 Å². The van der Waals surface area contributed by atoms with Crippen LogP contribution in [0, 0.1) is 36.4 Å². The Kier molecular flexibility index (Phi) is 8.72. The predicted octanol–water partition coefficient (Wildman–Crippen LogP) is 3.82. The number of aryl methyl sites for hydroxylation is 1. The van der Waals surface area contributed by atoms with Gasteiger partial charge in [-0.3, -0.25) is 19.7 Å². The number of carbonyl (C=O) groups is 1. The van der Waals surface area contributed by atoms with Crippen molar-refractivity contribution in [3.05, 3.63) is 57.9 Å². The molecular formula is C19H17ClF2N5O4P. The first-order chi connectivity index (χ1) is 15.1. The van der Waals surface area contributed by atoms with Gasteiger partial charge in [-0.05, 0) is 31.6 Å². The molecule has 168 valence electrons. The van der Waals surface area contributed by atoms with E-state index in [9.17, 15) is 13.6 Å². The number of hydrogen-bond acceptors (Lipinski definition) is 8. The van der Waals surface area contributed by atoms with Crippen LogP contribution in [-0.4, -0.2) is 32.6 Å². The molecule has 0 radical (unpaired) electrons. The summed E-state index contributed by atoms with van der Waals surface area (Å²) in [7, 11) is -2.72. The van der Waals surface area contributed by atoms with Crippen molar-refractivity contribution in [1.29, 1.82) is 10.7 Å². The molecule has 0 atom stereocenters. The van der Waals surface area contributed by atoms with E-state index >= 15 is 0 Å². The van der Waals surface area contributed by atoms with Gasteiger partial charge in [0.05, 0.1) is 22.6 Å². The van der Waals surface area contributed by atoms with E-state index in [4.69, 9.17) is 32.1 Å². The predicted molar refractivity (Wildman–Crippen MR) is 116 cm³/mol. The molecule has 13 heteroatoms. The van der Waals surface area contributed by atoms with Gasteiger partial charge in [0.1, 0.15) is 18.0 Å². The Morgan fingerprint density at radius 1 is 1.41 bits per heavy atom. The molecule has 0 aliphatic heterocycles. The smallest absolute Gasteiger partial charge is 0.328 e. The number of nitrogens with one attached hydrogen (secondary N) is 3. The molecule has 2 rings (SSSR count). The molecule has 1 aromatic heterocycles. The van der Waals surface area contributed by atoms with Gasteiger partial charge in [0.25, 0.3) is 5.91 Å². The van der Waals surface area contributed by atoms with E-state index in [2.05, 4.69) is 20.1 Å². The van der Waals surface area contributed by atoms with E-state index in [0.717, 1.165) is 6.07 Å². The third-order valence-electron chi connectivity index (χ3n) is 4.22. The molecular weight excluding hydrogens is 467 g/mol. The molecule has 0 unspecified atom stereocenters. The number of hydrogen-bond donors (Lipinski definition) is 5. The number of carbonyl (C=O) groups excluding carboxylic acids is 1. The monoisotopic (exact) mass is 483 g/mol. The summed E-state index contributed by atoms with van der Waals surface area (Å²) in [5.41, 5.74) is 0.312. The first kappa shape index (κ1) is 25.3. The van der Waals surface area contributed by atoms with Crippen LogP contribution in [0.1, 0.15) is 27.9 Å². The first-order valence-corrected chi connectivity index (χ1v) is 10.3. The van der Waals surface area contributed by atoms with Gasteiger partial charge < -0.3 is 20.4 Å². The summed E-state index contributed by atoms with van der Waals surface area (Å²) < 4.78 is 34.0. The molecule has 5 N–H and O–H groups in total. The highest BCUT2D eigenvalue weighted by atomic mass is 35.5. The highest BCUT2D eigenvalue weighted by Crippen LogP contribution is 2.29. The van der Waals surface area contributed by atoms with E-state index in [-0.39, 0.29) is 28.1 Å². The van der Waals surface area contributed by atoms with Gasteiger partial charge in [-0.1, -0.05) is 17.7 Å². The van der Waals surface area contributed by atoms with Crippen molar-refractivity contribution in [3.8, 4) is 6.07 Å². The molecule has 0 aliphatic rings. The number of aromatic nitrogens is 1. The average molecular weight is 484 g/mol. The standard InChI is InChI=1S/C19H17ClF2N5O4P/c1-9-12(6-23)7-25-10(2)16(9)27-19(28)14(21)5-11-3-4-13(18(20)24)17(15(11)22)26-8-31-32(29)30/h3-5,7,24,26,29-30H,8H2,1-2H3,(H,27,28)/b14-5-,24-18?. The fraction of sp³-hybridized carbons (Fsp3) is 0.158. The van der Waals surface area contributed by atoms with Crippen molar-refractivity contribution < 1.29 is 27.9 Å². The zero-order valence-electron chi connectivity index (χ0n) is 16.7. The number of nitrogens with zero attached hydrogens (tertiary/aromatic N) is 2. The molecule has 0 saturated carbocycles. The molecule has 0 spiro atoms. The number of halogens is 3. The Labute approximate surface area is 187 Å². The van der Waals surface area contributed by atoms with Crippen LogP contribution in [0.15, 0.2) is 24.2 Å². The number of nitriles is 1. The highest BCUT2D eigenvalue weighted by Gasteiger charge is 2.19. The third kappa shape index (κ3) is 6.03. The molecule has 32 heavy (non-hydrogen) atoms. The van der Waals surface area contributed by atoms with Crippen molar-refractivity contribution in [3.63, 3.8) is 0 Å². The fourth-order valence-electron chi connectivity index (χ4n) is 2.62. The molecule has 2 aromatic rings.